The summed E-state index contributed by atoms with van der Waals surface area (Å²) in [5.74, 6) is -0.182. The molecule has 27 heavy (non-hydrogen) atoms. The molecule has 6 nitrogen and oxygen atoms in total. The largest absolute Gasteiger partial charge is 0.372 e. The van der Waals surface area contributed by atoms with Crippen molar-refractivity contribution in [2.75, 3.05) is 36.4 Å². The molecule has 2 saturated heterocycles. The summed E-state index contributed by atoms with van der Waals surface area (Å²) in [4.78, 5) is 29.1. The molecule has 0 radical (unpaired) electrons. The molecule has 3 fully saturated rings. The number of nitrogens with zero attached hydrogens (tertiary/aromatic N) is 2. The zero-order valence-electron chi connectivity index (χ0n) is 15.9. The van der Waals surface area contributed by atoms with Gasteiger partial charge in [-0.05, 0) is 68.2 Å². The van der Waals surface area contributed by atoms with Crippen LogP contribution in [0.2, 0.25) is 0 Å². The van der Waals surface area contributed by atoms with Gasteiger partial charge in [0.15, 0.2) is 0 Å². The molecular formula is C21H30N4O2. The second-order valence-electron chi connectivity index (χ2n) is 8.28. The van der Waals surface area contributed by atoms with Gasteiger partial charge in [0.2, 0.25) is 0 Å². The van der Waals surface area contributed by atoms with E-state index in [4.69, 9.17) is 5.73 Å². The Bertz CT molecular complexity index is 684. The van der Waals surface area contributed by atoms with E-state index in [-0.39, 0.29) is 6.04 Å². The highest BCUT2D eigenvalue weighted by atomic mass is 16.2. The maximum atomic E-state index is 12.6. The molecule has 1 aromatic carbocycles. The van der Waals surface area contributed by atoms with Crippen LogP contribution in [0.1, 0.15) is 38.5 Å². The van der Waals surface area contributed by atoms with E-state index >= 15 is 0 Å². The van der Waals surface area contributed by atoms with Gasteiger partial charge < -0.3 is 20.9 Å². The number of carbonyl (C=O) groups is 2. The Labute approximate surface area is 161 Å². The summed E-state index contributed by atoms with van der Waals surface area (Å²) < 4.78 is 0. The zero-order chi connectivity index (χ0) is 18.8. The topological polar surface area (TPSA) is 78.7 Å². The second kappa shape index (κ2) is 7.89. The molecular weight excluding hydrogens is 340 g/mol. The van der Waals surface area contributed by atoms with Gasteiger partial charge in [0.25, 0.3) is 0 Å². The second-order valence-corrected chi connectivity index (χ2v) is 8.28. The fraction of sp³-hybridized carbons (Fsp3) is 0.619. The Kier molecular flexibility index (Phi) is 5.34. The average Bonchev–Trinajstić information content (AvgIpc) is 3.14. The van der Waals surface area contributed by atoms with Gasteiger partial charge in [-0.1, -0.05) is 6.42 Å². The molecule has 0 aromatic heterocycles. The minimum absolute atomic E-state index is 0.159. The fourth-order valence-electron chi connectivity index (χ4n) is 4.92. The van der Waals surface area contributed by atoms with Crippen LogP contribution in [0, 0.1) is 11.8 Å². The molecule has 146 valence electrons. The number of benzene rings is 1. The van der Waals surface area contributed by atoms with E-state index in [0.717, 1.165) is 32.4 Å². The lowest BCUT2D eigenvalue weighted by atomic mass is 9.78. The third kappa shape index (κ3) is 3.95. The molecule has 3 N–H and O–H groups in total. The van der Waals surface area contributed by atoms with E-state index in [0.29, 0.717) is 30.6 Å². The zero-order valence-corrected chi connectivity index (χ0v) is 15.9. The van der Waals surface area contributed by atoms with Crippen molar-refractivity contribution in [2.24, 2.45) is 17.6 Å². The Balaban J connectivity index is 1.34. The van der Waals surface area contributed by atoms with Crippen molar-refractivity contribution >= 4 is 23.2 Å². The lowest BCUT2D eigenvalue weighted by Crippen LogP contribution is -2.40. The van der Waals surface area contributed by atoms with Gasteiger partial charge in [-0.15, -0.1) is 0 Å². The van der Waals surface area contributed by atoms with Gasteiger partial charge in [0.05, 0.1) is 0 Å². The van der Waals surface area contributed by atoms with Crippen molar-refractivity contribution in [3.05, 3.63) is 24.3 Å². The number of amides is 2. The minimum atomic E-state index is -0.548. The third-order valence-electron chi connectivity index (χ3n) is 6.48. The summed E-state index contributed by atoms with van der Waals surface area (Å²) >= 11 is 0. The lowest BCUT2D eigenvalue weighted by molar-refractivity contribution is -0.142. The number of hydrogen-bond acceptors (Lipinski definition) is 4. The van der Waals surface area contributed by atoms with E-state index in [9.17, 15) is 9.59 Å². The van der Waals surface area contributed by atoms with E-state index in [1.807, 2.05) is 24.3 Å². The van der Waals surface area contributed by atoms with Crippen LogP contribution >= 0.6 is 0 Å². The van der Waals surface area contributed by atoms with Crippen LogP contribution in [0.3, 0.4) is 0 Å². The van der Waals surface area contributed by atoms with Crippen molar-refractivity contribution in [1.82, 2.24) is 4.90 Å². The number of piperidine rings is 1. The van der Waals surface area contributed by atoms with Gasteiger partial charge in [0, 0.05) is 43.6 Å². The van der Waals surface area contributed by atoms with Crippen molar-refractivity contribution in [3.8, 4) is 0 Å². The first-order valence-corrected chi connectivity index (χ1v) is 10.3. The average molecular weight is 370 g/mol. The Morgan fingerprint density at radius 3 is 2.41 bits per heavy atom. The van der Waals surface area contributed by atoms with Crippen LogP contribution in [-0.2, 0) is 9.59 Å². The smallest absolute Gasteiger partial charge is 0.313 e. The normalized spacial score (nSPS) is 28.0. The monoisotopic (exact) mass is 370 g/mol. The van der Waals surface area contributed by atoms with E-state index in [1.165, 1.54) is 24.9 Å². The molecule has 3 unspecified atom stereocenters. The maximum Gasteiger partial charge on any atom is 0.313 e. The highest BCUT2D eigenvalue weighted by molar-refractivity contribution is 6.39. The number of carbonyl (C=O) groups excluding carboxylic acids is 2. The summed E-state index contributed by atoms with van der Waals surface area (Å²) in [6.07, 6.45) is 7.03. The molecule has 2 heterocycles. The van der Waals surface area contributed by atoms with E-state index in [1.54, 1.807) is 4.90 Å². The molecule has 1 saturated carbocycles. The van der Waals surface area contributed by atoms with Crippen molar-refractivity contribution < 1.29 is 9.59 Å². The van der Waals surface area contributed by atoms with Gasteiger partial charge >= 0.3 is 11.8 Å². The summed E-state index contributed by atoms with van der Waals surface area (Å²) in [7, 11) is 0. The van der Waals surface area contributed by atoms with Crippen LogP contribution in [0.25, 0.3) is 0 Å². The number of hydrogen-bond donors (Lipinski definition) is 2. The fourth-order valence-corrected chi connectivity index (χ4v) is 4.92. The van der Waals surface area contributed by atoms with Crippen LogP contribution in [0.5, 0.6) is 0 Å². The predicted molar refractivity (Wildman–Crippen MR) is 107 cm³/mol. The van der Waals surface area contributed by atoms with Crippen molar-refractivity contribution in [3.63, 3.8) is 0 Å². The molecule has 1 aliphatic carbocycles. The molecule has 6 heteroatoms. The number of fused-ring (bicyclic) bond motifs is 1. The quantitative estimate of drug-likeness (QED) is 0.783. The van der Waals surface area contributed by atoms with Crippen molar-refractivity contribution in [1.29, 1.82) is 0 Å². The van der Waals surface area contributed by atoms with Crippen LogP contribution in [-0.4, -0.2) is 48.9 Å². The summed E-state index contributed by atoms with van der Waals surface area (Å²) in [5, 5.41) is 2.76. The predicted octanol–water partition coefficient (Wildman–Crippen LogP) is 2.20. The van der Waals surface area contributed by atoms with Gasteiger partial charge in [-0.3, -0.25) is 9.59 Å². The molecule has 3 atom stereocenters. The number of anilines is 2. The summed E-state index contributed by atoms with van der Waals surface area (Å²) in [5.41, 5.74) is 8.06. The highest BCUT2D eigenvalue weighted by Gasteiger charge is 2.41. The first-order valence-electron chi connectivity index (χ1n) is 10.3. The van der Waals surface area contributed by atoms with E-state index < -0.39 is 11.8 Å². The molecule has 2 amide bonds. The van der Waals surface area contributed by atoms with Crippen LogP contribution < -0.4 is 16.0 Å². The van der Waals surface area contributed by atoms with Gasteiger partial charge in [-0.2, -0.15) is 0 Å². The number of nitrogens with one attached hydrogen (secondary N) is 1. The van der Waals surface area contributed by atoms with Gasteiger partial charge in [0.1, 0.15) is 0 Å². The summed E-state index contributed by atoms with van der Waals surface area (Å²) in [6, 6.07) is 7.97. The van der Waals surface area contributed by atoms with Crippen LogP contribution in [0.4, 0.5) is 11.4 Å². The molecule has 4 rings (SSSR count). The number of nitrogens with two attached hydrogens (primary N) is 1. The molecule has 3 aliphatic rings. The Morgan fingerprint density at radius 2 is 1.70 bits per heavy atom. The highest BCUT2D eigenvalue weighted by Crippen LogP contribution is 2.35. The van der Waals surface area contributed by atoms with Gasteiger partial charge in [-0.25, -0.2) is 0 Å². The van der Waals surface area contributed by atoms with E-state index in [2.05, 4.69) is 10.2 Å². The lowest BCUT2D eigenvalue weighted by Gasteiger charge is -2.29. The summed E-state index contributed by atoms with van der Waals surface area (Å²) in [6.45, 7) is 3.46. The van der Waals surface area contributed by atoms with Crippen molar-refractivity contribution in [2.45, 2.75) is 44.6 Å². The van der Waals surface area contributed by atoms with Crippen LogP contribution in [0.15, 0.2) is 24.3 Å². The molecule has 0 spiro atoms. The molecule has 1 aromatic rings. The Morgan fingerprint density at radius 1 is 0.963 bits per heavy atom. The first kappa shape index (κ1) is 18.3. The molecule has 0 bridgehead atoms. The number of likely N-dealkylation sites (tertiary alicyclic amines) is 1. The maximum absolute atomic E-state index is 12.6. The SMILES string of the molecule is NC1CCCC2CN(C(=O)C(=O)Nc3ccc(N4CCCCC4)cc3)CC12. The Hall–Kier alpha value is -2.08. The number of rotatable bonds is 2. The first-order chi connectivity index (χ1) is 13.1. The molecule has 2 aliphatic heterocycles. The standard InChI is InChI=1S/C21H30N4O2/c22-19-6-4-5-15-13-25(14-18(15)19)21(27)20(26)23-16-7-9-17(10-8-16)24-11-2-1-3-12-24/h7-10,15,18-19H,1-6,11-14,22H2,(H,23,26). The minimum Gasteiger partial charge on any atom is -0.372 e. The third-order valence-corrected chi connectivity index (χ3v) is 6.48.